The van der Waals surface area contributed by atoms with E-state index in [1.165, 1.54) is 6.07 Å². The topological polar surface area (TPSA) is 17.8 Å². The van der Waals surface area contributed by atoms with Crippen LogP contribution >= 0.6 is 23.2 Å². The van der Waals surface area contributed by atoms with Crippen LogP contribution in [0.4, 0.5) is 4.39 Å². The Labute approximate surface area is 132 Å². The summed E-state index contributed by atoms with van der Waals surface area (Å²) in [4.78, 5) is 4.56. The minimum Gasteiger partial charge on any atom is -0.292 e. The van der Waals surface area contributed by atoms with Gasteiger partial charge in [0.25, 0.3) is 0 Å². The number of hydrogen-bond acceptors (Lipinski definition) is 1. The fourth-order valence-electron chi connectivity index (χ4n) is 2.44. The normalized spacial score (nSPS) is 11.2. The molecule has 108 valence electrons. The molecule has 21 heavy (non-hydrogen) atoms. The highest BCUT2D eigenvalue weighted by molar-refractivity contribution is 6.32. The molecule has 0 aliphatic rings. The third-order valence-electron chi connectivity index (χ3n) is 3.36. The zero-order valence-electron chi connectivity index (χ0n) is 11.4. The van der Waals surface area contributed by atoms with Crippen molar-refractivity contribution >= 4 is 34.2 Å². The molecule has 1 aromatic heterocycles. The lowest BCUT2D eigenvalue weighted by Crippen LogP contribution is -2.05. The summed E-state index contributed by atoms with van der Waals surface area (Å²) in [5.74, 6) is 0.741. The number of para-hydroxylation sites is 1. The quantitative estimate of drug-likeness (QED) is 0.626. The van der Waals surface area contributed by atoms with Crippen LogP contribution in [0, 0.1) is 12.7 Å². The van der Waals surface area contributed by atoms with Gasteiger partial charge in [-0.15, -0.1) is 11.6 Å². The summed E-state index contributed by atoms with van der Waals surface area (Å²) in [6, 6.07) is 10.5. The summed E-state index contributed by atoms with van der Waals surface area (Å²) >= 11 is 12.1. The second-order valence-corrected chi connectivity index (χ2v) is 5.65. The zero-order valence-corrected chi connectivity index (χ0v) is 12.9. The van der Waals surface area contributed by atoms with Crippen molar-refractivity contribution in [2.24, 2.45) is 0 Å². The lowest BCUT2D eigenvalue weighted by molar-refractivity contribution is 0.617. The number of halogens is 3. The smallest absolute Gasteiger partial charge is 0.148 e. The summed E-state index contributed by atoms with van der Waals surface area (Å²) in [6.45, 7) is 1.99. The van der Waals surface area contributed by atoms with Crippen LogP contribution < -0.4 is 0 Å². The van der Waals surface area contributed by atoms with Crippen LogP contribution in [0.15, 0.2) is 36.4 Å². The zero-order chi connectivity index (χ0) is 15.0. The first-order valence-corrected chi connectivity index (χ1v) is 7.51. The Morgan fingerprint density at radius 1 is 1.24 bits per heavy atom. The monoisotopic (exact) mass is 322 g/mol. The largest absolute Gasteiger partial charge is 0.292 e. The summed E-state index contributed by atoms with van der Waals surface area (Å²) < 4.78 is 16.1. The van der Waals surface area contributed by atoms with Gasteiger partial charge < -0.3 is 0 Å². The lowest BCUT2D eigenvalue weighted by atomic mass is 10.2. The molecule has 0 radical (unpaired) electrons. The Morgan fingerprint density at radius 2 is 2.05 bits per heavy atom. The summed E-state index contributed by atoms with van der Waals surface area (Å²) in [7, 11) is 0. The standard InChI is InChI=1S/C16H13Cl2FN2/c1-10-5-6-13-14(9-10)21(15(20-13)7-8-17)16-11(18)3-2-4-12(16)19/h2-6,9H,7-8H2,1H3. The third-order valence-corrected chi connectivity index (χ3v) is 3.85. The van der Waals surface area contributed by atoms with E-state index in [0.29, 0.717) is 28.8 Å². The molecule has 0 fully saturated rings. The van der Waals surface area contributed by atoms with Crippen LogP contribution in [0.1, 0.15) is 11.4 Å². The van der Waals surface area contributed by atoms with Gasteiger partial charge in [0.2, 0.25) is 0 Å². The van der Waals surface area contributed by atoms with E-state index < -0.39 is 0 Å². The highest BCUT2D eigenvalue weighted by Crippen LogP contribution is 2.29. The molecule has 0 unspecified atom stereocenters. The van der Waals surface area contributed by atoms with Crippen molar-refractivity contribution < 1.29 is 4.39 Å². The molecule has 0 saturated carbocycles. The minimum absolute atomic E-state index is 0.326. The number of rotatable bonds is 3. The van der Waals surface area contributed by atoms with Crippen molar-refractivity contribution in [2.75, 3.05) is 5.88 Å². The summed E-state index contributed by atoms with van der Waals surface area (Å²) in [5, 5.41) is 0.353. The molecule has 0 atom stereocenters. The van der Waals surface area contributed by atoms with Crippen molar-refractivity contribution in [3.63, 3.8) is 0 Å². The second kappa shape index (κ2) is 5.66. The molecule has 3 aromatic rings. The molecule has 0 amide bonds. The van der Waals surface area contributed by atoms with E-state index in [1.54, 1.807) is 16.7 Å². The Balaban J connectivity index is 2.38. The molecule has 0 spiro atoms. The fraction of sp³-hybridized carbons (Fsp3) is 0.188. The Hall–Kier alpha value is -1.58. The molecule has 0 N–H and O–H groups in total. The predicted molar refractivity (Wildman–Crippen MR) is 85.2 cm³/mol. The molecule has 2 aromatic carbocycles. The van der Waals surface area contributed by atoms with E-state index in [9.17, 15) is 4.39 Å². The van der Waals surface area contributed by atoms with Crippen LogP contribution in [-0.4, -0.2) is 15.4 Å². The van der Waals surface area contributed by atoms with Gasteiger partial charge in [0.15, 0.2) is 0 Å². The van der Waals surface area contributed by atoms with Gasteiger partial charge in [-0.3, -0.25) is 4.57 Å². The molecule has 3 rings (SSSR count). The van der Waals surface area contributed by atoms with E-state index in [2.05, 4.69) is 4.98 Å². The van der Waals surface area contributed by atoms with E-state index in [-0.39, 0.29) is 5.82 Å². The average Bonchev–Trinajstić information content (AvgIpc) is 2.77. The first kappa shape index (κ1) is 14.4. The van der Waals surface area contributed by atoms with Crippen LogP contribution in [0.5, 0.6) is 0 Å². The van der Waals surface area contributed by atoms with Gasteiger partial charge >= 0.3 is 0 Å². The van der Waals surface area contributed by atoms with E-state index in [1.807, 2.05) is 25.1 Å². The second-order valence-electron chi connectivity index (χ2n) is 4.86. The number of hydrogen-bond donors (Lipinski definition) is 0. The van der Waals surface area contributed by atoms with E-state index in [0.717, 1.165) is 16.6 Å². The molecular formula is C16H13Cl2FN2. The number of imidazole rings is 1. The van der Waals surface area contributed by atoms with Gasteiger partial charge in [0, 0.05) is 12.3 Å². The SMILES string of the molecule is Cc1ccc2nc(CCCl)n(-c3c(F)cccc3Cl)c2c1. The fourth-order valence-corrected chi connectivity index (χ4v) is 2.86. The van der Waals surface area contributed by atoms with E-state index >= 15 is 0 Å². The number of nitrogens with zero attached hydrogens (tertiary/aromatic N) is 2. The van der Waals surface area contributed by atoms with Crippen LogP contribution in [-0.2, 0) is 6.42 Å². The van der Waals surface area contributed by atoms with Gasteiger partial charge in [0.05, 0.1) is 16.1 Å². The highest BCUT2D eigenvalue weighted by atomic mass is 35.5. The highest BCUT2D eigenvalue weighted by Gasteiger charge is 2.17. The maximum atomic E-state index is 14.3. The first-order chi connectivity index (χ1) is 10.1. The van der Waals surface area contributed by atoms with Gasteiger partial charge in [-0.1, -0.05) is 23.7 Å². The Bertz CT molecular complexity index is 791. The van der Waals surface area contributed by atoms with Gasteiger partial charge in [-0.2, -0.15) is 0 Å². The van der Waals surface area contributed by atoms with Gasteiger partial charge in [0.1, 0.15) is 17.3 Å². The van der Waals surface area contributed by atoms with Crippen LogP contribution in [0.2, 0.25) is 5.02 Å². The number of fused-ring (bicyclic) bond motifs is 1. The molecule has 0 aliphatic carbocycles. The van der Waals surface area contributed by atoms with Crippen molar-refractivity contribution in [1.82, 2.24) is 9.55 Å². The van der Waals surface area contributed by atoms with Crippen molar-refractivity contribution in [3.8, 4) is 5.69 Å². The Morgan fingerprint density at radius 3 is 2.76 bits per heavy atom. The summed E-state index contributed by atoms with van der Waals surface area (Å²) in [6.07, 6.45) is 0.542. The summed E-state index contributed by atoms with van der Waals surface area (Å²) in [5.41, 5.74) is 3.04. The molecule has 0 saturated heterocycles. The van der Waals surface area contributed by atoms with Crippen molar-refractivity contribution in [2.45, 2.75) is 13.3 Å². The lowest BCUT2D eigenvalue weighted by Gasteiger charge is -2.11. The molecule has 1 heterocycles. The van der Waals surface area contributed by atoms with Gasteiger partial charge in [-0.05, 0) is 36.8 Å². The Kier molecular flexibility index (Phi) is 3.87. The third kappa shape index (κ3) is 2.52. The van der Waals surface area contributed by atoms with Gasteiger partial charge in [-0.25, -0.2) is 9.37 Å². The maximum absolute atomic E-state index is 14.3. The number of alkyl halides is 1. The molecule has 5 heteroatoms. The molecule has 0 bridgehead atoms. The van der Waals surface area contributed by atoms with Crippen molar-refractivity contribution in [1.29, 1.82) is 0 Å². The first-order valence-electron chi connectivity index (χ1n) is 6.60. The van der Waals surface area contributed by atoms with E-state index in [4.69, 9.17) is 23.2 Å². The molecular weight excluding hydrogens is 310 g/mol. The molecule has 2 nitrogen and oxygen atoms in total. The number of benzene rings is 2. The number of aryl methyl sites for hydroxylation is 2. The predicted octanol–water partition coefficient (Wildman–Crippen LogP) is 4.91. The minimum atomic E-state index is -0.376. The van der Waals surface area contributed by atoms with Crippen molar-refractivity contribution in [3.05, 3.63) is 58.6 Å². The van der Waals surface area contributed by atoms with Crippen LogP contribution in [0.3, 0.4) is 0 Å². The number of aromatic nitrogens is 2. The van der Waals surface area contributed by atoms with Crippen LogP contribution in [0.25, 0.3) is 16.7 Å². The average molecular weight is 323 g/mol. The maximum Gasteiger partial charge on any atom is 0.148 e. The molecule has 0 aliphatic heterocycles.